The molecule has 0 rings (SSSR count). The maximum Gasteiger partial charge on any atom is 1.00 e. The van der Waals surface area contributed by atoms with Crippen LogP contribution in [0.5, 0.6) is 0 Å². The van der Waals surface area contributed by atoms with E-state index in [1.807, 2.05) is 0 Å². The van der Waals surface area contributed by atoms with E-state index in [-0.39, 0.29) is 75.4 Å². The molecule has 1 atom stereocenters. The first-order valence-electron chi connectivity index (χ1n) is 4.78. The van der Waals surface area contributed by atoms with E-state index in [4.69, 9.17) is 0 Å². The van der Waals surface area contributed by atoms with E-state index in [1.165, 1.54) is 0 Å². The van der Waals surface area contributed by atoms with E-state index in [0.717, 1.165) is 0 Å². The summed E-state index contributed by atoms with van der Waals surface area (Å²) in [5.74, 6) is -6.77. The Balaban J connectivity index is -0.000000241. The van der Waals surface area contributed by atoms with Gasteiger partial charge in [0.25, 0.3) is 0 Å². The summed E-state index contributed by atoms with van der Waals surface area (Å²) >= 11 is 0. The number of rotatable bonds is 9. The third-order valence-corrected chi connectivity index (χ3v) is 2.00. The van der Waals surface area contributed by atoms with E-state index in [1.54, 1.807) is 0 Å². The smallest absolute Gasteiger partial charge is 0.550 e. The zero-order valence-electron chi connectivity index (χ0n) is 13.1. The predicted octanol–water partition coefficient (Wildman–Crippen LogP) is -18.5. The van der Waals surface area contributed by atoms with Crippen LogP contribution in [0.2, 0.25) is 0 Å². The molecule has 0 aliphatic rings. The van der Waals surface area contributed by atoms with Crippen molar-refractivity contribution in [2.45, 2.75) is 18.9 Å². The first-order chi connectivity index (χ1) is 8.23. The molecule has 0 amide bonds. The molecule has 0 saturated carbocycles. The van der Waals surface area contributed by atoms with Crippen molar-refractivity contribution in [2.24, 2.45) is 0 Å². The summed E-state index contributed by atoms with van der Waals surface area (Å²) in [4.78, 5) is 42.1. The number of carbonyl (C=O) groups excluding carboxylic acids is 4. The third-order valence-electron chi connectivity index (χ3n) is 2.00. The zero-order valence-corrected chi connectivity index (χ0v) is 13.1. The van der Waals surface area contributed by atoms with Gasteiger partial charge in [-0.3, -0.25) is 4.90 Å². The van der Waals surface area contributed by atoms with Gasteiger partial charge in [0.15, 0.2) is 0 Å². The maximum absolute atomic E-state index is 10.7. The third kappa shape index (κ3) is 16.6. The summed E-state index contributed by atoms with van der Waals surface area (Å²) in [6.45, 7) is -2.00. The summed E-state index contributed by atoms with van der Waals surface area (Å²) in [6, 6.07) is -1.70. The number of carboxylic acid groups (broad SMARTS) is 4. The minimum absolute atomic E-state index is 0. The van der Waals surface area contributed by atoms with Crippen molar-refractivity contribution in [3.8, 4) is 0 Å². The molecule has 13 heteroatoms. The van der Waals surface area contributed by atoms with E-state index < -0.39 is 55.9 Å². The van der Waals surface area contributed by atoms with Gasteiger partial charge in [-0.25, -0.2) is 0 Å². The molecule has 0 spiro atoms. The minimum Gasteiger partial charge on any atom is -0.550 e. The monoisotopic (exact) mass is 287 g/mol. The molecule has 0 aromatic rings. The van der Waals surface area contributed by atoms with Crippen LogP contribution in [0.3, 0.4) is 0 Å². The van der Waals surface area contributed by atoms with Crippen LogP contribution in [0.25, 0.3) is 0 Å². The van der Waals surface area contributed by atoms with Gasteiger partial charge in [-0.05, 0) is 12.8 Å². The number of carboxylic acids is 4. The summed E-state index contributed by atoms with van der Waals surface area (Å²) < 4.78 is 0. The number of hydrogen-bond acceptors (Lipinski definition) is 9. The molecule has 0 aliphatic heterocycles. The molecule has 0 fully saturated rings. The topological polar surface area (TPSA) is 164 Å². The molecular formula is C9H9Li4NO8. The van der Waals surface area contributed by atoms with Gasteiger partial charge in [0, 0.05) is 19.1 Å². The van der Waals surface area contributed by atoms with Crippen LogP contribution in [0, 0.1) is 0 Å². The molecule has 0 heterocycles. The second-order valence-electron chi connectivity index (χ2n) is 3.39. The Kier molecular flexibility index (Phi) is 27.0. The Morgan fingerprint density at radius 1 is 0.727 bits per heavy atom. The Bertz CT molecular complexity index is 352. The quantitative estimate of drug-likeness (QED) is 0.374. The second kappa shape index (κ2) is 17.6. The van der Waals surface area contributed by atoms with Gasteiger partial charge in [-0.2, -0.15) is 0 Å². The molecule has 22 heavy (non-hydrogen) atoms. The summed E-state index contributed by atoms with van der Waals surface area (Å²) in [5, 5.41) is 41.6. The van der Waals surface area contributed by atoms with Crippen molar-refractivity contribution in [3.05, 3.63) is 0 Å². The number of carbonyl (C=O) groups is 4. The van der Waals surface area contributed by atoms with Crippen LogP contribution >= 0.6 is 0 Å². The fourth-order valence-electron chi connectivity index (χ4n) is 1.31. The van der Waals surface area contributed by atoms with Crippen LogP contribution in [0.1, 0.15) is 12.8 Å². The minimum atomic E-state index is -1.79. The number of nitrogens with zero attached hydrogens (tertiary/aromatic N) is 1. The van der Waals surface area contributed by atoms with E-state index in [0.29, 0.717) is 4.90 Å². The second-order valence-corrected chi connectivity index (χ2v) is 3.39. The van der Waals surface area contributed by atoms with Crippen LogP contribution in [0.15, 0.2) is 0 Å². The van der Waals surface area contributed by atoms with Gasteiger partial charge < -0.3 is 39.6 Å². The molecule has 9 nitrogen and oxygen atoms in total. The molecule has 0 bridgehead atoms. The maximum atomic E-state index is 10.7. The Morgan fingerprint density at radius 3 is 1.32 bits per heavy atom. The molecule has 0 saturated heterocycles. The molecular weight excluding hydrogens is 278 g/mol. The van der Waals surface area contributed by atoms with Gasteiger partial charge in [0.05, 0.1) is 23.9 Å². The SMILES string of the molecule is O=C([O-])CC[C@@H](C(=O)[O-])N(CC(=O)[O-])CC(=O)[O-].[Li+].[Li+].[Li+].[Li+]. The van der Waals surface area contributed by atoms with Gasteiger partial charge >= 0.3 is 75.4 Å². The summed E-state index contributed by atoms with van der Waals surface area (Å²) in [7, 11) is 0. The Labute approximate surface area is 174 Å². The molecule has 0 unspecified atom stereocenters. The van der Waals surface area contributed by atoms with Crippen molar-refractivity contribution in [1.29, 1.82) is 0 Å². The van der Waals surface area contributed by atoms with Crippen molar-refractivity contribution in [2.75, 3.05) is 13.1 Å². The average molecular weight is 287 g/mol. The van der Waals surface area contributed by atoms with Gasteiger partial charge in [-0.1, -0.05) is 0 Å². The fourth-order valence-corrected chi connectivity index (χ4v) is 1.31. The van der Waals surface area contributed by atoms with Crippen molar-refractivity contribution >= 4 is 23.9 Å². The predicted molar refractivity (Wildman–Crippen MR) is 44.6 cm³/mol. The molecule has 0 N–H and O–H groups in total. The molecule has 102 valence electrons. The van der Waals surface area contributed by atoms with E-state index in [2.05, 4.69) is 0 Å². The zero-order chi connectivity index (χ0) is 14.3. The number of hydrogen-bond donors (Lipinski definition) is 0. The Hall–Kier alpha value is 0.230. The first kappa shape index (κ1) is 33.7. The van der Waals surface area contributed by atoms with Gasteiger partial charge in [-0.15, -0.1) is 0 Å². The van der Waals surface area contributed by atoms with Gasteiger partial charge in [0.2, 0.25) is 0 Å². The Morgan fingerprint density at radius 2 is 1.09 bits per heavy atom. The fraction of sp³-hybridized carbons (Fsp3) is 0.556. The van der Waals surface area contributed by atoms with Crippen molar-refractivity contribution in [1.82, 2.24) is 4.90 Å². The first-order valence-corrected chi connectivity index (χ1v) is 4.78. The summed E-state index contributed by atoms with van der Waals surface area (Å²) in [5.41, 5.74) is 0. The molecule has 0 radical (unpaired) electrons. The number of aliphatic carboxylic acids is 4. The molecule has 0 aromatic heterocycles. The van der Waals surface area contributed by atoms with E-state index >= 15 is 0 Å². The largest absolute Gasteiger partial charge is 1.00 e. The average Bonchev–Trinajstić information content (AvgIpc) is 2.14. The van der Waals surface area contributed by atoms with E-state index in [9.17, 15) is 39.6 Å². The van der Waals surface area contributed by atoms with Crippen LogP contribution in [-0.2, 0) is 19.2 Å². The van der Waals surface area contributed by atoms with Crippen molar-refractivity contribution in [3.63, 3.8) is 0 Å². The molecule has 0 aliphatic carbocycles. The normalized spacial score (nSPS) is 9.86. The van der Waals surface area contributed by atoms with Crippen LogP contribution < -0.4 is 95.9 Å². The standard InChI is InChI=1S/C9H13NO8.4Li/c11-6(12)2-1-5(9(17)18)10(3-7(13)14)4-8(15)16;;;;/h5H,1-4H2,(H,11,12)(H,13,14)(H,15,16)(H,17,18);;;;/q;4*+1/p-4/t5-;;;;/m0..../s1. The van der Waals surface area contributed by atoms with Crippen molar-refractivity contribution < 1.29 is 115 Å². The molecule has 0 aromatic carbocycles. The van der Waals surface area contributed by atoms with Crippen LogP contribution in [0.4, 0.5) is 0 Å². The van der Waals surface area contributed by atoms with Crippen LogP contribution in [-0.4, -0.2) is 47.9 Å². The van der Waals surface area contributed by atoms with Gasteiger partial charge in [0.1, 0.15) is 0 Å². The summed E-state index contributed by atoms with van der Waals surface area (Å²) in [6.07, 6.45) is -1.24.